The van der Waals surface area contributed by atoms with E-state index in [0.29, 0.717) is 22.9 Å². The summed E-state index contributed by atoms with van der Waals surface area (Å²) in [7, 11) is 2.99. The maximum Gasteiger partial charge on any atom is 0.338 e. The van der Waals surface area contributed by atoms with E-state index in [1.807, 2.05) is 0 Å². The highest BCUT2D eigenvalue weighted by Crippen LogP contribution is 2.36. The first-order valence-corrected chi connectivity index (χ1v) is 9.60. The van der Waals surface area contributed by atoms with Gasteiger partial charge < -0.3 is 24.8 Å². The third-order valence-electron chi connectivity index (χ3n) is 4.16. The topological polar surface area (TPSA) is 103 Å². The Bertz CT molecular complexity index is 962. The van der Waals surface area contributed by atoms with Crippen molar-refractivity contribution in [2.24, 2.45) is 0 Å². The van der Waals surface area contributed by atoms with E-state index in [4.69, 9.17) is 14.2 Å². The Labute approximate surface area is 171 Å². The number of methoxy groups -OCH3 is 2. The minimum atomic E-state index is -0.668. The fourth-order valence-electron chi connectivity index (χ4n) is 2.65. The Hall–Kier alpha value is -3.20. The van der Waals surface area contributed by atoms with Crippen LogP contribution in [0.1, 0.15) is 17.3 Å². The van der Waals surface area contributed by atoms with Crippen molar-refractivity contribution in [1.82, 2.24) is 0 Å². The van der Waals surface area contributed by atoms with Crippen LogP contribution in [0.25, 0.3) is 0 Å². The van der Waals surface area contributed by atoms with E-state index in [0.717, 1.165) is 4.90 Å². The molecule has 1 heterocycles. The fraction of sp³-hybridized carbons (Fsp3) is 0.250. The SMILES string of the molecule is COc1ccc(OC)c(NC(=O)COC(=O)c2ccc3c(c2)NC(=O)C(C)S3)c1. The van der Waals surface area contributed by atoms with Gasteiger partial charge in [0.2, 0.25) is 5.91 Å². The molecule has 1 atom stereocenters. The Morgan fingerprint density at radius 2 is 1.93 bits per heavy atom. The van der Waals surface area contributed by atoms with E-state index in [1.54, 1.807) is 37.3 Å². The molecule has 3 rings (SSSR count). The molecule has 0 aromatic heterocycles. The van der Waals surface area contributed by atoms with Crippen molar-refractivity contribution in [3.63, 3.8) is 0 Å². The lowest BCUT2D eigenvalue weighted by atomic mass is 10.2. The maximum atomic E-state index is 12.3. The van der Waals surface area contributed by atoms with Gasteiger partial charge in [0.1, 0.15) is 11.5 Å². The van der Waals surface area contributed by atoms with E-state index >= 15 is 0 Å². The minimum Gasteiger partial charge on any atom is -0.497 e. The zero-order valence-electron chi connectivity index (χ0n) is 16.1. The van der Waals surface area contributed by atoms with Crippen molar-refractivity contribution in [2.45, 2.75) is 17.1 Å². The summed E-state index contributed by atoms with van der Waals surface area (Å²) in [6, 6.07) is 9.83. The van der Waals surface area contributed by atoms with Crippen molar-refractivity contribution < 1.29 is 28.6 Å². The van der Waals surface area contributed by atoms with Crippen molar-refractivity contribution in [3.8, 4) is 11.5 Å². The van der Waals surface area contributed by atoms with E-state index in [9.17, 15) is 14.4 Å². The molecule has 2 amide bonds. The van der Waals surface area contributed by atoms with Gasteiger partial charge in [0.05, 0.1) is 36.4 Å². The first-order chi connectivity index (χ1) is 13.9. The lowest BCUT2D eigenvalue weighted by Crippen LogP contribution is -2.26. The van der Waals surface area contributed by atoms with Gasteiger partial charge in [0.25, 0.3) is 5.91 Å². The molecule has 1 unspecified atom stereocenters. The van der Waals surface area contributed by atoms with Gasteiger partial charge in [-0.25, -0.2) is 4.79 Å². The molecule has 0 radical (unpaired) electrons. The monoisotopic (exact) mass is 416 g/mol. The van der Waals surface area contributed by atoms with Gasteiger partial charge in [0, 0.05) is 11.0 Å². The zero-order chi connectivity index (χ0) is 21.0. The number of hydrogen-bond donors (Lipinski definition) is 2. The Balaban J connectivity index is 1.62. The normalized spacial score (nSPS) is 15.0. The number of anilines is 2. The van der Waals surface area contributed by atoms with Crippen LogP contribution in [0, 0.1) is 0 Å². The van der Waals surface area contributed by atoms with Crippen LogP contribution in [0.15, 0.2) is 41.3 Å². The molecule has 0 bridgehead atoms. The Kier molecular flexibility index (Phi) is 6.28. The van der Waals surface area contributed by atoms with Gasteiger partial charge >= 0.3 is 5.97 Å². The van der Waals surface area contributed by atoms with E-state index in [-0.39, 0.29) is 16.7 Å². The van der Waals surface area contributed by atoms with Crippen LogP contribution in [-0.4, -0.2) is 43.9 Å². The highest BCUT2D eigenvalue weighted by atomic mass is 32.2. The number of benzene rings is 2. The molecule has 1 aliphatic rings. The number of esters is 1. The second kappa shape index (κ2) is 8.87. The van der Waals surface area contributed by atoms with Gasteiger partial charge in [-0.2, -0.15) is 0 Å². The molecule has 9 heteroatoms. The number of carbonyl (C=O) groups excluding carboxylic acids is 3. The molecule has 2 aromatic carbocycles. The van der Waals surface area contributed by atoms with E-state index in [1.165, 1.54) is 32.0 Å². The molecule has 8 nitrogen and oxygen atoms in total. The van der Waals surface area contributed by atoms with Gasteiger partial charge in [-0.1, -0.05) is 0 Å². The number of rotatable bonds is 6. The quantitative estimate of drug-likeness (QED) is 0.698. The summed E-state index contributed by atoms with van der Waals surface area (Å²) in [5.41, 5.74) is 1.19. The van der Waals surface area contributed by atoms with Crippen LogP contribution in [0.5, 0.6) is 11.5 Å². The molecular formula is C20H20N2O6S. The fourth-order valence-corrected chi connectivity index (χ4v) is 3.58. The predicted molar refractivity (Wildman–Crippen MR) is 109 cm³/mol. The number of thioether (sulfide) groups is 1. The smallest absolute Gasteiger partial charge is 0.338 e. The van der Waals surface area contributed by atoms with Gasteiger partial charge in [-0.15, -0.1) is 11.8 Å². The van der Waals surface area contributed by atoms with E-state index in [2.05, 4.69) is 10.6 Å². The van der Waals surface area contributed by atoms with Crippen molar-refractivity contribution >= 4 is 40.9 Å². The first-order valence-electron chi connectivity index (χ1n) is 8.72. The summed E-state index contributed by atoms with van der Waals surface area (Å²) >= 11 is 1.42. The van der Waals surface area contributed by atoms with Crippen LogP contribution in [0.2, 0.25) is 0 Å². The van der Waals surface area contributed by atoms with Gasteiger partial charge in [-0.3, -0.25) is 9.59 Å². The lowest BCUT2D eigenvalue weighted by molar-refractivity contribution is -0.119. The average Bonchev–Trinajstić information content (AvgIpc) is 2.72. The van der Waals surface area contributed by atoms with Crippen LogP contribution in [0.4, 0.5) is 11.4 Å². The molecule has 0 saturated heterocycles. The van der Waals surface area contributed by atoms with Gasteiger partial charge in [-0.05, 0) is 37.3 Å². The first kappa shape index (κ1) is 20.5. The molecule has 0 aliphatic carbocycles. The Morgan fingerprint density at radius 3 is 2.66 bits per heavy atom. The molecule has 2 aromatic rings. The number of fused-ring (bicyclic) bond motifs is 1. The van der Waals surface area contributed by atoms with Crippen LogP contribution >= 0.6 is 11.8 Å². The van der Waals surface area contributed by atoms with Crippen molar-refractivity contribution in [3.05, 3.63) is 42.0 Å². The van der Waals surface area contributed by atoms with Crippen molar-refractivity contribution in [1.29, 1.82) is 0 Å². The summed E-state index contributed by atoms with van der Waals surface area (Å²) in [5, 5.41) is 5.18. The molecule has 29 heavy (non-hydrogen) atoms. The second-order valence-electron chi connectivity index (χ2n) is 6.15. The third kappa shape index (κ3) is 4.80. The number of hydrogen-bond acceptors (Lipinski definition) is 7. The molecular weight excluding hydrogens is 396 g/mol. The van der Waals surface area contributed by atoms with Gasteiger partial charge in [0.15, 0.2) is 6.61 Å². The van der Waals surface area contributed by atoms with E-state index < -0.39 is 18.5 Å². The molecule has 0 saturated carbocycles. The highest BCUT2D eigenvalue weighted by Gasteiger charge is 2.24. The maximum absolute atomic E-state index is 12.3. The largest absolute Gasteiger partial charge is 0.497 e. The third-order valence-corrected chi connectivity index (χ3v) is 5.34. The molecule has 0 spiro atoms. The van der Waals surface area contributed by atoms with Crippen LogP contribution in [-0.2, 0) is 14.3 Å². The van der Waals surface area contributed by atoms with Crippen LogP contribution < -0.4 is 20.1 Å². The van der Waals surface area contributed by atoms with Crippen molar-refractivity contribution in [2.75, 3.05) is 31.5 Å². The molecule has 152 valence electrons. The average molecular weight is 416 g/mol. The number of ether oxygens (including phenoxy) is 3. The number of carbonyl (C=O) groups is 3. The summed E-state index contributed by atoms with van der Waals surface area (Å²) in [5.74, 6) is -0.331. The molecule has 1 aliphatic heterocycles. The Morgan fingerprint density at radius 1 is 1.14 bits per heavy atom. The van der Waals surface area contributed by atoms with Crippen LogP contribution in [0.3, 0.4) is 0 Å². The molecule has 2 N–H and O–H groups in total. The predicted octanol–water partition coefficient (Wildman–Crippen LogP) is 2.93. The lowest BCUT2D eigenvalue weighted by Gasteiger charge is -2.21. The summed E-state index contributed by atoms with van der Waals surface area (Å²) < 4.78 is 15.4. The second-order valence-corrected chi connectivity index (χ2v) is 7.53. The zero-order valence-corrected chi connectivity index (χ0v) is 16.9. The summed E-state index contributed by atoms with van der Waals surface area (Å²) in [6.07, 6.45) is 0. The number of amides is 2. The summed E-state index contributed by atoms with van der Waals surface area (Å²) in [4.78, 5) is 37.1. The standard InChI is InChI=1S/C20H20N2O6S/c1-11-19(24)22-15-8-12(4-7-17(15)29-11)20(25)28-10-18(23)21-14-9-13(26-2)5-6-16(14)27-3/h4-9,11H,10H2,1-3H3,(H,21,23)(H,22,24). The summed E-state index contributed by atoms with van der Waals surface area (Å²) in [6.45, 7) is 1.33. The minimum absolute atomic E-state index is 0.125. The number of nitrogens with one attached hydrogen (secondary N) is 2. The molecule has 0 fully saturated rings. The highest BCUT2D eigenvalue weighted by molar-refractivity contribution is 8.00.